The smallest absolute Gasteiger partial charge is 0.305 e. The highest BCUT2D eigenvalue weighted by Gasteiger charge is 2.69. The number of aromatic nitrogens is 1. The minimum atomic E-state index is -1.01. The number of aliphatic carboxylic acids is 1. The maximum absolute atomic E-state index is 13.3. The Morgan fingerprint density at radius 1 is 1.16 bits per heavy atom. The van der Waals surface area contributed by atoms with Crippen LogP contribution in [0.1, 0.15) is 34.8 Å². The second-order valence-electron chi connectivity index (χ2n) is 9.29. The first-order valence-corrected chi connectivity index (χ1v) is 12.6. The van der Waals surface area contributed by atoms with Crippen LogP contribution in [0.15, 0.2) is 34.1 Å². The van der Waals surface area contributed by atoms with Crippen LogP contribution in [0.25, 0.3) is 0 Å². The van der Waals surface area contributed by atoms with Gasteiger partial charge in [0.2, 0.25) is 11.8 Å². The van der Waals surface area contributed by atoms with E-state index in [2.05, 4.69) is 24.0 Å². The highest BCUT2D eigenvalue weighted by atomic mass is 32.2. The molecule has 166 valence electrons. The number of H-pyrrole nitrogens is 1. The lowest BCUT2D eigenvalue weighted by atomic mass is 9.67. The standard InChI is InChI=1S/C23H22N2O5S2/c1-9-4-2-3-5-10(9)14-15-11-8-12(18(15)31-20-19(14)32-23(30)24-20)17-16(11)21(28)25(22(17)29)7-6-13(26)27/h2-5,11-12,14-18H,6-8H2,1H3,(H,24,30)(H,26,27)/t11-,12+,14-,15+,16+,17+,18-/m1/s1. The monoisotopic (exact) mass is 470 g/mol. The molecule has 6 rings (SSSR count). The van der Waals surface area contributed by atoms with Crippen molar-refractivity contribution in [1.82, 2.24) is 9.88 Å². The van der Waals surface area contributed by atoms with Gasteiger partial charge in [0.15, 0.2) is 0 Å². The van der Waals surface area contributed by atoms with Crippen LogP contribution in [0, 0.1) is 36.5 Å². The fraction of sp³-hybridized carbons (Fsp3) is 0.478. The number of nitrogens with one attached hydrogen (secondary N) is 1. The summed E-state index contributed by atoms with van der Waals surface area (Å²) >= 11 is 2.92. The van der Waals surface area contributed by atoms with Gasteiger partial charge in [-0.05, 0) is 42.2 Å². The van der Waals surface area contributed by atoms with Crippen molar-refractivity contribution in [3.63, 3.8) is 0 Å². The number of likely N-dealkylation sites (tertiary alicyclic amines) is 1. The highest BCUT2D eigenvalue weighted by Crippen LogP contribution is 2.68. The number of thioether (sulfide) groups is 1. The number of aromatic amines is 1. The number of nitrogens with zero attached hydrogens (tertiary/aromatic N) is 1. The Kier molecular flexibility index (Phi) is 4.46. The number of hydrogen-bond acceptors (Lipinski definition) is 6. The molecular formula is C23H22N2O5S2. The Balaban J connectivity index is 1.43. The van der Waals surface area contributed by atoms with Crippen molar-refractivity contribution < 1.29 is 19.5 Å². The molecule has 2 N–H and O–H groups in total. The van der Waals surface area contributed by atoms with E-state index >= 15 is 0 Å². The first kappa shape index (κ1) is 20.2. The third kappa shape index (κ3) is 2.67. The van der Waals surface area contributed by atoms with Crippen molar-refractivity contribution in [3.05, 3.63) is 49.9 Å². The Bertz CT molecular complexity index is 1220. The first-order chi connectivity index (χ1) is 15.4. The van der Waals surface area contributed by atoms with Crippen molar-refractivity contribution in [2.45, 2.75) is 36.0 Å². The third-order valence-electron chi connectivity index (χ3n) is 7.89. The molecule has 1 aromatic carbocycles. The van der Waals surface area contributed by atoms with E-state index in [1.807, 2.05) is 12.1 Å². The highest BCUT2D eigenvalue weighted by molar-refractivity contribution is 8.00. The third-order valence-corrected chi connectivity index (χ3v) is 10.5. The molecule has 7 nitrogen and oxygen atoms in total. The molecule has 0 unspecified atom stereocenters. The van der Waals surface area contributed by atoms with E-state index < -0.39 is 5.97 Å². The van der Waals surface area contributed by atoms with Gasteiger partial charge in [0.25, 0.3) is 0 Å². The minimum absolute atomic E-state index is 0.0216. The molecule has 1 aromatic heterocycles. The number of aryl methyl sites for hydroxylation is 1. The maximum atomic E-state index is 13.3. The summed E-state index contributed by atoms with van der Waals surface area (Å²) < 4.78 is 0. The summed E-state index contributed by atoms with van der Waals surface area (Å²) in [5.41, 5.74) is 2.34. The molecule has 2 aliphatic heterocycles. The number of fused-ring (bicyclic) bond motifs is 9. The van der Waals surface area contributed by atoms with E-state index in [-0.39, 0.29) is 70.4 Å². The molecule has 4 aliphatic rings. The summed E-state index contributed by atoms with van der Waals surface area (Å²) in [6.07, 6.45) is 0.613. The van der Waals surface area contributed by atoms with Gasteiger partial charge >= 0.3 is 10.8 Å². The Labute approximate surface area is 192 Å². The van der Waals surface area contributed by atoms with Gasteiger partial charge in [0.05, 0.1) is 23.3 Å². The van der Waals surface area contributed by atoms with Crippen LogP contribution in [0.2, 0.25) is 0 Å². The van der Waals surface area contributed by atoms with Crippen LogP contribution in [0.3, 0.4) is 0 Å². The van der Waals surface area contributed by atoms with Gasteiger partial charge < -0.3 is 10.1 Å². The predicted molar refractivity (Wildman–Crippen MR) is 119 cm³/mol. The molecule has 3 fully saturated rings. The lowest BCUT2D eigenvalue weighted by Gasteiger charge is -2.43. The summed E-state index contributed by atoms with van der Waals surface area (Å²) in [5, 5.41) is 10.1. The molecular weight excluding hydrogens is 448 g/mol. The second kappa shape index (κ2) is 7.05. The number of carbonyl (C=O) groups is 3. The van der Waals surface area contributed by atoms with Crippen LogP contribution in [-0.4, -0.2) is 44.6 Å². The molecule has 0 spiro atoms. The van der Waals surface area contributed by atoms with Crippen molar-refractivity contribution in [1.29, 1.82) is 0 Å². The van der Waals surface area contributed by atoms with E-state index in [1.165, 1.54) is 21.8 Å². The molecule has 7 atom stereocenters. The summed E-state index contributed by atoms with van der Waals surface area (Å²) in [6.45, 7) is 2.03. The van der Waals surface area contributed by atoms with Crippen LogP contribution in [0.4, 0.5) is 0 Å². The SMILES string of the molecule is Cc1ccccc1[C@H]1c2sc(=O)[nH]c2S[C@@H]2[C@H]3C[C@@H]([C@@H]4C(=O)N(CCC(=O)O)C(=O)[C@@H]34)[C@@H]12. The second-order valence-corrected chi connectivity index (χ2v) is 11.5. The van der Waals surface area contributed by atoms with E-state index in [9.17, 15) is 19.2 Å². The fourth-order valence-electron chi connectivity index (χ4n) is 6.79. The zero-order valence-corrected chi connectivity index (χ0v) is 18.9. The van der Waals surface area contributed by atoms with Gasteiger partial charge in [0, 0.05) is 22.6 Å². The quantitative estimate of drug-likeness (QED) is 0.666. The number of carboxylic acids is 1. The van der Waals surface area contributed by atoms with Crippen molar-refractivity contribution >= 4 is 40.9 Å². The zero-order chi connectivity index (χ0) is 22.3. The zero-order valence-electron chi connectivity index (χ0n) is 17.3. The van der Waals surface area contributed by atoms with Crippen LogP contribution >= 0.6 is 23.1 Å². The molecule has 0 radical (unpaired) electrons. The van der Waals surface area contributed by atoms with Crippen molar-refractivity contribution in [3.8, 4) is 0 Å². The Hall–Kier alpha value is -2.39. The van der Waals surface area contributed by atoms with Gasteiger partial charge in [-0.3, -0.25) is 24.1 Å². The van der Waals surface area contributed by atoms with E-state index in [4.69, 9.17) is 5.11 Å². The number of amides is 2. The Morgan fingerprint density at radius 2 is 1.88 bits per heavy atom. The van der Waals surface area contributed by atoms with Gasteiger partial charge in [-0.25, -0.2) is 0 Å². The van der Waals surface area contributed by atoms with E-state index in [0.29, 0.717) is 0 Å². The number of thiazole rings is 1. The molecule has 2 aromatic rings. The number of carboxylic acid groups (broad SMARTS) is 1. The van der Waals surface area contributed by atoms with E-state index in [1.54, 1.807) is 11.8 Å². The summed E-state index contributed by atoms with van der Waals surface area (Å²) in [6, 6.07) is 8.22. The average molecular weight is 471 g/mol. The van der Waals surface area contributed by atoms with Crippen LogP contribution in [0.5, 0.6) is 0 Å². The maximum Gasteiger partial charge on any atom is 0.305 e. The number of imide groups is 1. The van der Waals surface area contributed by atoms with Gasteiger partial charge in [-0.15, -0.1) is 11.8 Å². The fourth-order valence-corrected chi connectivity index (χ4v) is 9.67. The topological polar surface area (TPSA) is 108 Å². The number of hydrogen-bond donors (Lipinski definition) is 2. The first-order valence-electron chi connectivity index (χ1n) is 10.9. The van der Waals surface area contributed by atoms with Gasteiger partial charge in [-0.1, -0.05) is 35.6 Å². The van der Waals surface area contributed by atoms with Crippen LogP contribution in [-0.2, 0) is 14.4 Å². The van der Waals surface area contributed by atoms with Crippen molar-refractivity contribution in [2.75, 3.05) is 6.54 Å². The normalized spacial score (nSPS) is 34.5. The average Bonchev–Trinajstić information content (AvgIpc) is 3.46. The molecule has 9 heteroatoms. The van der Waals surface area contributed by atoms with Gasteiger partial charge in [0.1, 0.15) is 0 Å². The van der Waals surface area contributed by atoms with Gasteiger partial charge in [-0.2, -0.15) is 0 Å². The molecule has 2 amide bonds. The van der Waals surface area contributed by atoms with E-state index in [0.717, 1.165) is 21.9 Å². The number of carbonyl (C=O) groups excluding carboxylic acids is 2. The molecule has 32 heavy (non-hydrogen) atoms. The molecule has 2 aliphatic carbocycles. The summed E-state index contributed by atoms with van der Waals surface area (Å²) in [5.74, 6) is -1.83. The molecule has 1 saturated heterocycles. The molecule has 3 heterocycles. The van der Waals surface area contributed by atoms with Crippen molar-refractivity contribution in [2.24, 2.45) is 29.6 Å². The molecule has 2 saturated carbocycles. The lowest BCUT2D eigenvalue weighted by molar-refractivity contribution is -0.142. The lowest BCUT2D eigenvalue weighted by Crippen LogP contribution is -2.42. The summed E-state index contributed by atoms with van der Waals surface area (Å²) in [7, 11) is 0. The predicted octanol–water partition coefficient (Wildman–Crippen LogP) is 2.69. The largest absolute Gasteiger partial charge is 0.481 e. The number of rotatable bonds is 4. The molecule has 2 bridgehead atoms. The summed E-state index contributed by atoms with van der Waals surface area (Å²) in [4.78, 5) is 55.0. The minimum Gasteiger partial charge on any atom is -0.481 e. The Morgan fingerprint density at radius 3 is 2.59 bits per heavy atom. The van der Waals surface area contributed by atoms with Crippen LogP contribution < -0.4 is 4.87 Å². The number of benzene rings is 1.